The highest BCUT2D eigenvalue weighted by Gasteiger charge is 2.05. The molecule has 0 bridgehead atoms. The summed E-state index contributed by atoms with van der Waals surface area (Å²) < 4.78 is 2.24. The minimum absolute atomic E-state index is 0.177. The van der Waals surface area contributed by atoms with Crippen LogP contribution in [0.3, 0.4) is 0 Å². The van der Waals surface area contributed by atoms with Crippen LogP contribution in [0.15, 0.2) is 36.4 Å². The van der Waals surface area contributed by atoms with E-state index >= 15 is 0 Å². The van der Waals surface area contributed by atoms with Crippen molar-refractivity contribution in [2.45, 2.75) is 26.8 Å². The van der Waals surface area contributed by atoms with Crippen LogP contribution >= 0.6 is 0 Å². The molecule has 0 amide bonds. The number of nitrogens with one attached hydrogen (secondary N) is 1. The summed E-state index contributed by atoms with van der Waals surface area (Å²) in [6, 6.07) is 12.9. The first kappa shape index (κ1) is 11.9. The lowest BCUT2D eigenvalue weighted by molar-refractivity contribution is 0.602. The zero-order chi connectivity index (χ0) is 12.4. The minimum Gasteiger partial charge on any atom is -0.319 e. The van der Waals surface area contributed by atoms with Crippen LogP contribution in [0, 0.1) is 13.8 Å². The second-order valence-corrected chi connectivity index (χ2v) is 4.43. The van der Waals surface area contributed by atoms with Crippen LogP contribution in [0.25, 0.3) is 5.69 Å². The molecule has 2 aromatic rings. The molecule has 0 aliphatic carbocycles. The molecular formula is C14H19N3. The monoisotopic (exact) mass is 229 g/mol. The Morgan fingerprint density at radius 2 is 1.53 bits per heavy atom. The predicted octanol–water partition coefficient (Wildman–Crippen LogP) is 2.62. The third-order valence-corrected chi connectivity index (χ3v) is 3.17. The quantitative estimate of drug-likeness (QED) is 0.627. The fraction of sp³-hybridized carbons (Fsp3) is 0.286. The fourth-order valence-corrected chi connectivity index (χ4v) is 2.08. The zero-order valence-corrected chi connectivity index (χ0v) is 10.6. The normalized spacial score (nSPS) is 12.7. The Bertz CT molecular complexity index is 477. The molecule has 0 fully saturated rings. The van der Waals surface area contributed by atoms with Crippen molar-refractivity contribution in [2.75, 3.05) is 0 Å². The SMILES string of the molecule is Cc1ccc(C)n1-c1ccc([C@@H](C)NN)cc1. The van der Waals surface area contributed by atoms with Gasteiger partial charge in [-0.1, -0.05) is 12.1 Å². The van der Waals surface area contributed by atoms with E-state index in [-0.39, 0.29) is 6.04 Å². The van der Waals surface area contributed by atoms with Crippen LogP contribution in [0.5, 0.6) is 0 Å². The molecule has 1 aromatic heterocycles. The molecule has 3 heteroatoms. The number of aromatic nitrogens is 1. The fourth-order valence-electron chi connectivity index (χ4n) is 2.08. The number of hydrogen-bond acceptors (Lipinski definition) is 2. The summed E-state index contributed by atoms with van der Waals surface area (Å²) in [5, 5.41) is 0. The van der Waals surface area contributed by atoms with Gasteiger partial charge in [0.1, 0.15) is 0 Å². The average Bonchev–Trinajstić information content (AvgIpc) is 2.68. The molecule has 17 heavy (non-hydrogen) atoms. The van der Waals surface area contributed by atoms with E-state index in [0.717, 1.165) is 0 Å². The number of nitrogens with two attached hydrogens (primary N) is 1. The van der Waals surface area contributed by atoms with Crippen LogP contribution in [0.2, 0.25) is 0 Å². The van der Waals surface area contributed by atoms with Gasteiger partial charge < -0.3 is 4.57 Å². The van der Waals surface area contributed by atoms with Gasteiger partial charge in [0.2, 0.25) is 0 Å². The van der Waals surface area contributed by atoms with Gasteiger partial charge in [-0.25, -0.2) is 0 Å². The molecule has 0 unspecified atom stereocenters. The highest BCUT2D eigenvalue weighted by molar-refractivity contribution is 5.40. The topological polar surface area (TPSA) is 43.0 Å². The predicted molar refractivity (Wildman–Crippen MR) is 71.0 cm³/mol. The first-order valence-electron chi connectivity index (χ1n) is 5.85. The second kappa shape index (κ2) is 4.73. The molecule has 0 aliphatic rings. The van der Waals surface area contributed by atoms with E-state index in [0.29, 0.717) is 0 Å². The molecule has 0 saturated heterocycles. The molecule has 0 radical (unpaired) electrons. The summed E-state index contributed by atoms with van der Waals surface area (Å²) in [5.41, 5.74) is 7.64. The third kappa shape index (κ3) is 2.25. The molecule has 0 spiro atoms. The van der Waals surface area contributed by atoms with Crippen molar-refractivity contribution < 1.29 is 0 Å². The average molecular weight is 229 g/mol. The van der Waals surface area contributed by atoms with E-state index in [4.69, 9.17) is 5.84 Å². The minimum atomic E-state index is 0.177. The Labute approximate surface area is 102 Å². The smallest absolute Gasteiger partial charge is 0.0455 e. The van der Waals surface area contributed by atoms with Crippen molar-refractivity contribution >= 4 is 0 Å². The van der Waals surface area contributed by atoms with Gasteiger partial charge >= 0.3 is 0 Å². The standard InChI is InChI=1S/C14H19N3/c1-10-4-5-11(2)17(10)14-8-6-13(7-9-14)12(3)16-15/h4-9,12,16H,15H2,1-3H3/t12-/m1/s1. The molecule has 3 N–H and O–H groups in total. The largest absolute Gasteiger partial charge is 0.319 e. The molecule has 0 aliphatic heterocycles. The molecule has 1 aromatic carbocycles. The lowest BCUT2D eigenvalue weighted by Crippen LogP contribution is -2.25. The Kier molecular flexibility index (Phi) is 3.31. The number of aryl methyl sites for hydroxylation is 2. The number of hydrogen-bond donors (Lipinski definition) is 2. The van der Waals surface area contributed by atoms with Gasteiger partial charge in [0.05, 0.1) is 0 Å². The van der Waals surface area contributed by atoms with Gasteiger partial charge in [-0.2, -0.15) is 0 Å². The van der Waals surface area contributed by atoms with Crippen molar-refractivity contribution in [1.29, 1.82) is 0 Å². The van der Waals surface area contributed by atoms with Crippen molar-refractivity contribution in [3.8, 4) is 5.69 Å². The molecule has 2 rings (SSSR count). The van der Waals surface area contributed by atoms with E-state index in [9.17, 15) is 0 Å². The Balaban J connectivity index is 2.36. The van der Waals surface area contributed by atoms with Gasteiger partial charge in [0, 0.05) is 23.1 Å². The molecule has 1 heterocycles. The van der Waals surface area contributed by atoms with Gasteiger partial charge in [-0.05, 0) is 50.6 Å². The molecule has 0 saturated carbocycles. The number of nitrogens with zero attached hydrogens (tertiary/aromatic N) is 1. The maximum absolute atomic E-state index is 5.43. The number of hydrazine groups is 1. The lowest BCUT2D eigenvalue weighted by Gasteiger charge is -2.13. The highest BCUT2D eigenvalue weighted by Crippen LogP contribution is 2.19. The van der Waals surface area contributed by atoms with E-state index in [1.807, 2.05) is 6.92 Å². The Morgan fingerprint density at radius 1 is 1.00 bits per heavy atom. The Hall–Kier alpha value is -1.58. The summed E-state index contributed by atoms with van der Waals surface area (Å²) in [6.45, 7) is 6.27. The highest BCUT2D eigenvalue weighted by atomic mass is 15.2. The summed E-state index contributed by atoms with van der Waals surface area (Å²) >= 11 is 0. The van der Waals surface area contributed by atoms with Gasteiger partial charge in [-0.3, -0.25) is 11.3 Å². The molecule has 90 valence electrons. The van der Waals surface area contributed by atoms with Crippen molar-refractivity contribution in [1.82, 2.24) is 9.99 Å². The first-order valence-corrected chi connectivity index (χ1v) is 5.85. The van der Waals surface area contributed by atoms with Crippen LogP contribution in [-0.4, -0.2) is 4.57 Å². The number of benzene rings is 1. The second-order valence-electron chi connectivity index (χ2n) is 4.43. The van der Waals surface area contributed by atoms with Crippen molar-refractivity contribution in [3.05, 3.63) is 53.3 Å². The van der Waals surface area contributed by atoms with E-state index in [2.05, 4.69) is 60.2 Å². The lowest BCUT2D eigenvalue weighted by atomic mass is 10.1. The van der Waals surface area contributed by atoms with Gasteiger partial charge in [0.25, 0.3) is 0 Å². The maximum Gasteiger partial charge on any atom is 0.0455 e. The molecule has 3 nitrogen and oxygen atoms in total. The van der Waals surface area contributed by atoms with E-state index in [1.165, 1.54) is 22.6 Å². The van der Waals surface area contributed by atoms with E-state index < -0.39 is 0 Å². The van der Waals surface area contributed by atoms with Crippen LogP contribution in [0.4, 0.5) is 0 Å². The van der Waals surface area contributed by atoms with Gasteiger partial charge in [0.15, 0.2) is 0 Å². The zero-order valence-electron chi connectivity index (χ0n) is 10.6. The summed E-state index contributed by atoms with van der Waals surface area (Å²) in [7, 11) is 0. The summed E-state index contributed by atoms with van der Waals surface area (Å²) in [5.74, 6) is 5.43. The number of rotatable bonds is 3. The summed E-state index contributed by atoms with van der Waals surface area (Å²) in [6.07, 6.45) is 0. The van der Waals surface area contributed by atoms with E-state index in [1.54, 1.807) is 0 Å². The van der Waals surface area contributed by atoms with Crippen LogP contribution < -0.4 is 11.3 Å². The van der Waals surface area contributed by atoms with Crippen molar-refractivity contribution in [2.24, 2.45) is 5.84 Å². The van der Waals surface area contributed by atoms with Gasteiger partial charge in [-0.15, -0.1) is 0 Å². The van der Waals surface area contributed by atoms with Crippen molar-refractivity contribution in [3.63, 3.8) is 0 Å². The molecular weight excluding hydrogens is 210 g/mol. The Morgan fingerprint density at radius 3 is 2.00 bits per heavy atom. The van der Waals surface area contributed by atoms with Crippen LogP contribution in [0.1, 0.15) is 29.9 Å². The van der Waals surface area contributed by atoms with Crippen LogP contribution in [-0.2, 0) is 0 Å². The summed E-state index contributed by atoms with van der Waals surface area (Å²) in [4.78, 5) is 0. The maximum atomic E-state index is 5.43. The third-order valence-electron chi connectivity index (χ3n) is 3.17. The first-order chi connectivity index (χ1) is 8.13. The molecule has 1 atom stereocenters.